The largest absolute Gasteiger partial charge is 0.132 e. The number of hydrogen-bond acceptors (Lipinski definition) is 0. The van der Waals surface area contributed by atoms with E-state index in [1.807, 2.05) is 0 Å². The van der Waals surface area contributed by atoms with Gasteiger partial charge in [0.1, 0.15) is 8.07 Å². The molecule has 0 aliphatic rings. The van der Waals surface area contributed by atoms with Crippen LogP contribution >= 0.6 is 17.2 Å². The number of hydrogen-bond donors (Lipinski definition) is 0. The summed E-state index contributed by atoms with van der Waals surface area (Å²) in [5, 5.41) is 0. The van der Waals surface area contributed by atoms with E-state index < -0.39 is 8.07 Å². The molecule has 0 heterocycles. The maximum atomic E-state index is 3.39. The lowest BCUT2D eigenvalue weighted by molar-refractivity contribution is 0.837. The van der Waals surface area contributed by atoms with Gasteiger partial charge < -0.3 is 0 Å². The maximum absolute atomic E-state index is 3.39. The Kier molecular flexibility index (Phi) is 7.46. The molecule has 0 rings (SSSR count). The molecule has 2 atom stereocenters. The lowest BCUT2D eigenvalue weighted by Gasteiger charge is -2.02. The first-order valence-electron chi connectivity index (χ1n) is 4.56. The molecule has 0 bridgehead atoms. The van der Waals surface area contributed by atoms with Crippen LogP contribution in [0.25, 0.3) is 0 Å². The van der Waals surface area contributed by atoms with Crippen molar-refractivity contribution in [1.29, 1.82) is 0 Å². The molecule has 0 aliphatic heterocycles. The number of rotatable bonds is 4. The molecule has 0 nitrogen and oxygen atoms in total. The molecule has 0 spiro atoms. The van der Waals surface area contributed by atoms with Gasteiger partial charge in [-0.1, -0.05) is 19.6 Å². The molecule has 3 heteroatoms. The van der Waals surface area contributed by atoms with Gasteiger partial charge in [0.15, 0.2) is 0 Å². The van der Waals surface area contributed by atoms with E-state index >= 15 is 0 Å². The van der Waals surface area contributed by atoms with Crippen LogP contribution in [0.4, 0.5) is 0 Å². The molecule has 0 fully saturated rings. The topological polar surface area (TPSA) is 0 Å². The lowest BCUT2D eigenvalue weighted by atomic mass is 10.3. The molecular weight excluding hydrogens is 198 g/mol. The van der Waals surface area contributed by atoms with Crippen molar-refractivity contribution in [1.82, 2.24) is 0 Å². The van der Waals surface area contributed by atoms with E-state index in [1.54, 1.807) is 0 Å². The van der Waals surface area contributed by atoms with Crippen LogP contribution in [0.1, 0.15) is 19.3 Å². The Morgan fingerprint density at radius 2 is 1.92 bits per heavy atom. The third kappa shape index (κ3) is 10.6. The maximum Gasteiger partial charge on any atom is 0.129 e. The molecule has 0 aromatic heterocycles. The second-order valence-corrected chi connectivity index (χ2v) is 11.3. The Balaban J connectivity index is 3.34. The van der Waals surface area contributed by atoms with Crippen LogP contribution in [0.2, 0.25) is 19.6 Å². The van der Waals surface area contributed by atoms with E-state index in [1.165, 1.54) is 19.0 Å². The van der Waals surface area contributed by atoms with Crippen LogP contribution in [0, 0.1) is 11.5 Å². The Labute approximate surface area is 82.2 Å². The highest BCUT2D eigenvalue weighted by atomic mass is 32.0. The molecule has 0 N–H and O–H groups in total. The fourth-order valence-corrected chi connectivity index (χ4v) is 2.70. The molecule has 0 amide bonds. The highest BCUT2D eigenvalue weighted by Gasteiger charge is 2.06. The van der Waals surface area contributed by atoms with E-state index in [9.17, 15) is 0 Å². The van der Waals surface area contributed by atoms with Crippen molar-refractivity contribution in [3.05, 3.63) is 0 Å². The van der Waals surface area contributed by atoms with Crippen molar-refractivity contribution in [2.75, 3.05) is 6.16 Å². The molecule has 2 unspecified atom stereocenters. The van der Waals surface area contributed by atoms with Gasteiger partial charge in [0.05, 0.1) is 0 Å². The monoisotopic (exact) mass is 219 g/mol. The van der Waals surface area contributed by atoms with Crippen molar-refractivity contribution < 1.29 is 0 Å². The molecule has 70 valence electrons. The van der Waals surface area contributed by atoms with Gasteiger partial charge in [0.2, 0.25) is 0 Å². The molecule has 0 aromatic rings. The molecule has 0 aliphatic carbocycles. The average Bonchev–Trinajstić information content (AvgIpc) is 1.94. The van der Waals surface area contributed by atoms with Crippen molar-refractivity contribution in [3.8, 4) is 11.5 Å². The third-order valence-electron chi connectivity index (χ3n) is 1.37. The molecule has 0 radical (unpaired) electrons. The predicted molar refractivity (Wildman–Crippen MR) is 69.3 cm³/mol. The van der Waals surface area contributed by atoms with E-state index in [-0.39, 0.29) is 0 Å². The smallest absolute Gasteiger partial charge is 0.129 e. The van der Waals surface area contributed by atoms with Gasteiger partial charge in [-0.15, -0.1) is 11.5 Å². The van der Waals surface area contributed by atoms with Gasteiger partial charge in [-0.2, -0.15) is 0 Å². The van der Waals surface area contributed by atoms with Gasteiger partial charge in [-0.25, -0.2) is 0 Å². The summed E-state index contributed by atoms with van der Waals surface area (Å²) in [6.45, 7) is 6.90. The zero-order valence-corrected chi connectivity index (χ0v) is 11.9. The van der Waals surface area contributed by atoms with Crippen LogP contribution in [0.3, 0.4) is 0 Å². The number of unbranched alkanes of at least 4 members (excludes halogenated alkanes) is 2. The van der Waals surface area contributed by atoms with Crippen LogP contribution in [0.5, 0.6) is 0 Å². The molecule has 12 heavy (non-hydrogen) atoms. The van der Waals surface area contributed by atoms with Crippen molar-refractivity contribution >= 4 is 25.3 Å². The van der Waals surface area contributed by atoms with Crippen LogP contribution in [-0.2, 0) is 0 Å². The first-order chi connectivity index (χ1) is 5.56. The summed E-state index contributed by atoms with van der Waals surface area (Å²) >= 11 is 0. The fraction of sp³-hybridized carbons (Fsp3) is 0.778. The first-order valence-corrected chi connectivity index (χ1v) is 11.6. The van der Waals surface area contributed by atoms with Gasteiger partial charge in [-0.05, 0) is 27.9 Å². The molecule has 0 aromatic carbocycles. The Hall–Kier alpha value is 0.637. The quantitative estimate of drug-likeness (QED) is 0.295. The standard InChI is InChI=1S/C9H20P2Si/c1-12(2,3)9-7-5-4-6-8-11-10/h11H,4-6,8,10H2,1-3H3/p+1. The van der Waals surface area contributed by atoms with Crippen LogP contribution in [-0.4, -0.2) is 14.2 Å². The normalized spacial score (nSPS) is 11.9. The Bertz CT molecular complexity index is 162. The first kappa shape index (κ1) is 12.6. The fourth-order valence-electron chi connectivity index (χ4n) is 0.791. The average molecular weight is 219 g/mol. The molecule has 0 saturated carbocycles. The van der Waals surface area contributed by atoms with Gasteiger partial charge in [0, 0.05) is 14.7 Å². The highest BCUT2D eigenvalue weighted by Crippen LogP contribution is 2.21. The second-order valence-electron chi connectivity index (χ2n) is 4.01. The van der Waals surface area contributed by atoms with Crippen molar-refractivity contribution in [2.45, 2.75) is 38.9 Å². The molecular formula is C9H21P2Si+. The van der Waals surface area contributed by atoms with Crippen molar-refractivity contribution in [2.24, 2.45) is 0 Å². The zero-order valence-electron chi connectivity index (χ0n) is 8.54. The minimum Gasteiger partial charge on any atom is -0.132 e. The van der Waals surface area contributed by atoms with E-state index in [0.29, 0.717) is 0 Å². The summed E-state index contributed by atoms with van der Waals surface area (Å²) in [5.41, 5.74) is 3.39. The predicted octanol–water partition coefficient (Wildman–Crippen LogP) is 3.24. The van der Waals surface area contributed by atoms with Gasteiger partial charge in [-0.3, -0.25) is 0 Å². The summed E-state index contributed by atoms with van der Waals surface area (Å²) in [5.74, 6) is 3.30. The van der Waals surface area contributed by atoms with Gasteiger partial charge >= 0.3 is 0 Å². The van der Waals surface area contributed by atoms with E-state index in [2.05, 4.69) is 40.0 Å². The van der Waals surface area contributed by atoms with E-state index in [0.717, 1.165) is 14.7 Å². The zero-order chi connectivity index (χ0) is 9.45. The van der Waals surface area contributed by atoms with Crippen molar-refractivity contribution in [3.63, 3.8) is 0 Å². The minimum absolute atomic E-state index is 1.08. The Morgan fingerprint density at radius 3 is 2.42 bits per heavy atom. The second kappa shape index (κ2) is 7.08. The van der Waals surface area contributed by atoms with Gasteiger partial charge in [0.25, 0.3) is 0 Å². The summed E-state index contributed by atoms with van der Waals surface area (Å²) in [6.07, 6.45) is 5.22. The molecule has 0 saturated heterocycles. The lowest BCUT2D eigenvalue weighted by Crippen LogP contribution is -2.16. The summed E-state index contributed by atoms with van der Waals surface area (Å²) in [4.78, 5) is 0. The summed E-state index contributed by atoms with van der Waals surface area (Å²) < 4.78 is 0. The van der Waals surface area contributed by atoms with E-state index in [4.69, 9.17) is 0 Å². The van der Waals surface area contributed by atoms with Crippen LogP contribution in [0.15, 0.2) is 0 Å². The highest BCUT2D eigenvalue weighted by molar-refractivity contribution is 8.02. The summed E-state index contributed by atoms with van der Waals surface area (Å²) in [7, 11) is 2.16. The van der Waals surface area contributed by atoms with Crippen LogP contribution < -0.4 is 0 Å². The SMILES string of the molecule is C[Si](C)(C)C#CCCCCP[PH3+]. The Morgan fingerprint density at radius 1 is 1.25 bits per heavy atom. The summed E-state index contributed by atoms with van der Waals surface area (Å²) in [6, 6.07) is 0. The minimum atomic E-state index is -1.08. The third-order valence-corrected chi connectivity index (χ3v) is 4.06.